The molecule has 0 spiro atoms. The Bertz CT molecular complexity index is 255. The lowest BCUT2D eigenvalue weighted by molar-refractivity contribution is 0.143. The quantitative estimate of drug-likeness (QED) is 0.648. The molecule has 0 amide bonds. The molecule has 0 aliphatic heterocycles. The van der Waals surface area contributed by atoms with E-state index in [1.807, 2.05) is 0 Å². The maximum absolute atomic E-state index is 5.44. The van der Waals surface area contributed by atoms with E-state index in [2.05, 4.69) is 9.97 Å². The molecule has 0 fully saturated rings. The lowest BCUT2D eigenvalue weighted by Gasteiger charge is -2.06. The van der Waals surface area contributed by atoms with Crippen LogP contribution in [0.25, 0.3) is 0 Å². The maximum atomic E-state index is 5.44. The minimum atomic E-state index is 0.330. The van der Waals surface area contributed by atoms with Gasteiger partial charge in [-0.05, 0) is 0 Å². The van der Waals surface area contributed by atoms with Crippen LogP contribution >= 0.6 is 0 Å². The zero-order valence-corrected chi connectivity index (χ0v) is 7.56. The van der Waals surface area contributed by atoms with Crippen LogP contribution in [0.1, 0.15) is 5.69 Å². The molecule has 0 aliphatic rings. The highest BCUT2D eigenvalue weighted by Gasteiger charge is 2.02. The van der Waals surface area contributed by atoms with Gasteiger partial charge in [0.2, 0.25) is 5.88 Å². The minimum Gasteiger partial charge on any atom is -0.474 e. The Hall–Kier alpha value is -1.20. The van der Waals surface area contributed by atoms with E-state index < -0.39 is 0 Å². The number of methoxy groups -OCH3 is 1. The van der Waals surface area contributed by atoms with Gasteiger partial charge in [-0.2, -0.15) is 0 Å². The van der Waals surface area contributed by atoms with Crippen LogP contribution in [0.4, 0.5) is 0 Å². The molecule has 1 rings (SSSR count). The Kier molecular flexibility index (Phi) is 4.14. The summed E-state index contributed by atoms with van der Waals surface area (Å²) in [4.78, 5) is 8.02. The Morgan fingerprint density at radius 1 is 1.31 bits per heavy atom. The Morgan fingerprint density at radius 2 is 2.08 bits per heavy atom. The standard InChI is InChI=1S/C8H13N3O2/c1-12-4-5-13-8-7(6-9)10-2-3-11-8/h2-3H,4-6,9H2,1H3. The van der Waals surface area contributed by atoms with Crippen molar-refractivity contribution in [2.24, 2.45) is 5.73 Å². The van der Waals surface area contributed by atoms with Crippen LogP contribution < -0.4 is 10.5 Å². The number of nitrogens with zero attached hydrogens (tertiary/aromatic N) is 2. The van der Waals surface area contributed by atoms with Gasteiger partial charge in [-0.15, -0.1) is 0 Å². The Labute approximate surface area is 76.9 Å². The summed E-state index contributed by atoms with van der Waals surface area (Å²) in [5.41, 5.74) is 6.11. The van der Waals surface area contributed by atoms with Crippen LogP contribution in [0.2, 0.25) is 0 Å². The summed E-state index contributed by atoms with van der Waals surface area (Å²) in [6.45, 7) is 1.32. The van der Waals surface area contributed by atoms with E-state index in [9.17, 15) is 0 Å². The van der Waals surface area contributed by atoms with Crippen LogP contribution in [0.15, 0.2) is 12.4 Å². The van der Waals surface area contributed by atoms with Gasteiger partial charge in [-0.25, -0.2) is 4.98 Å². The number of ether oxygens (including phenoxy) is 2. The molecule has 5 heteroatoms. The fourth-order valence-electron chi connectivity index (χ4n) is 0.836. The molecule has 2 N–H and O–H groups in total. The molecular formula is C8H13N3O2. The van der Waals surface area contributed by atoms with Gasteiger partial charge in [-0.3, -0.25) is 4.98 Å². The highest BCUT2D eigenvalue weighted by Crippen LogP contribution is 2.09. The number of rotatable bonds is 5. The van der Waals surface area contributed by atoms with Gasteiger partial charge in [0.25, 0.3) is 0 Å². The molecule has 1 aromatic rings. The third kappa shape index (κ3) is 2.96. The van der Waals surface area contributed by atoms with Gasteiger partial charge in [-0.1, -0.05) is 0 Å². The molecule has 0 aromatic carbocycles. The van der Waals surface area contributed by atoms with Crippen LogP contribution in [-0.2, 0) is 11.3 Å². The molecule has 72 valence electrons. The van der Waals surface area contributed by atoms with Crippen molar-refractivity contribution in [3.05, 3.63) is 18.1 Å². The fraction of sp³-hybridized carbons (Fsp3) is 0.500. The van der Waals surface area contributed by atoms with Crippen LogP contribution in [0.5, 0.6) is 5.88 Å². The number of nitrogens with two attached hydrogens (primary N) is 1. The number of hydrogen-bond donors (Lipinski definition) is 1. The Balaban J connectivity index is 2.54. The molecule has 1 aromatic heterocycles. The third-order valence-electron chi connectivity index (χ3n) is 1.46. The molecule has 13 heavy (non-hydrogen) atoms. The molecule has 1 heterocycles. The largest absolute Gasteiger partial charge is 0.474 e. The van der Waals surface area contributed by atoms with Crippen molar-refractivity contribution < 1.29 is 9.47 Å². The first-order chi connectivity index (χ1) is 6.38. The lowest BCUT2D eigenvalue weighted by atomic mass is 10.4. The second kappa shape index (κ2) is 5.45. The van der Waals surface area contributed by atoms with E-state index in [0.717, 1.165) is 0 Å². The first-order valence-corrected chi connectivity index (χ1v) is 4.00. The molecule has 0 bridgehead atoms. The normalized spacial score (nSPS) is 10.0. The first kappa shape index (κ1) is 9.88. The number of hydrogen-bond acceptors (Lipinski definition) is 5. The zero-order chi connectivity index (χ0) is 9.52. The Morgan fingerprint density at radius 3 is 2.77 bits per heavy atom. The summed E-state index contributed by atoms with van der Waals surface area (Å²) in [7, 11) is 1.61. The van der Waals surface area contributed by atoms with Crippen LogP contribution in [0.3, 0.4) is 0 Å². The highest BCUT2D eigenvalue weighted by atomic mass is 16.5. The zero-order valence-electron chi connectivity index (χ0n) is 7.56. The lowest BCUT2D eigenvalue weighted by Crippen LogP contribution is -2.10. The SMILES string of the molecule is COCCOc1nccnc1CN. The molecule has 5 nitrogen and oxygen atoms in total. The summed E-state index contributed by atoms with van der Waals surface area (Å²) >= 11 is 0. The fourth-order valence-corrected chi connectivity index (χ4v) is 0.836. The molecule has 0 saturated carbocycles. The summed E-state index contributed by atoms with van der Waals surface area (Å²) in [6.07, 6.45) is 3.16. The molecule has 0 radical (unpaired) electrons. The van der Waals surface area contributed by atoms with E-state index in [1.54, 1.807) is 19.5 Å². The topological polar surface area (TPSA) is 70.3 Å². The van der Waals surface area contributed by atoms with Gasteiger partial charge in [0, 0.05) is 26.0 Å². The summed E-state index contributed by atoms with van der Waals surface area (Å²) in [5.74, 6) is 0.488. The van der Waals surface area contributed by atoms with E-state index in [-0.39, 0.29) is 0 Å². The average Bonchev–Trinajstić information content (AvgIpc) is 2.19. The second-order valence-electron chi connectivity index (χ2n) is 2.35. The van der Waals surface area contributed by atoms with Crippen molar-refractivity contribution >= 4 is 0 Å². The molecule has 0 saturated heterocycles. The predicted molar refractivity (Wildman–Crippen MR) is 47.3 cm³/mol. The average molecular weight is 183 g/mol. The number of aromatic nitrogens is 2. The van der Waals surface area contributed by atoms with E-state index in [4.69, 9.17) is 15.2 Å². The van der Waals surface area contributed by atoms with Gasteiger partial charge >= 0.3 is 0 Å². The van der Waals surface area contributed by atoms with E-state index in [0.29, 0.717) is 31.3 Å². The van der Waals surface area contributed by atoms with E-state index >= 15 is 0 Å². The summed E-state index contributed by atoms with van der Waals surface area (Å²) < 4.78 is 10.1. The maximum Gasteiger partial charge on any atom is 0.237 e. The summed E-state index contributed by atoms with van der Waals surface area (Å²) in [6, 6.07) is 0. The van der Waals surface area contributed by atoms with Crippen molar-refractivity contribution in [2.75, 3.05) is 20.3 Å². The molecule has 0 atom stereocenters. The molecular weight excluding hydrogens is 170 g/mol. The molecule has 0 aliphatic carbocycles. The van der Waals surface area contributed by atoms with Gasteiger partial charge in [0.15, 0.2) is 0 Å². The van der Waals surface area contributed by atoms with Gasteiger partial charge < -0.3 is 15.2 Å². The second-order valence-corrected chi connectivity index (χ2v) is 2.35. The van der Waals surface area contributed by atoms with E-state index in [1.165, 1.54) is 0 Å². The highest BCUT2D eigenvalue weighted by molar-refractivity contribution is 5.16. The van der Waals surface area contributed by atoms with Gasteiger partial charge in [0.05, 0.1) is 6.61 Å². The van der Waals surface area contributed by atoms with Crippen molar-refractivity contribution in [1.82, 2.24) is 9.97 Å². The smallest absolute Gasteiger partial charge is 0.237 e. The van der Waals surface area contributed by atoms with Crippen molar-refractivity contribution in [3.63, 3.8) is 0 Å². The summed E-state index contributed by atoms with van der Waals surface area (Å²) in [5, 5.41) is 0. The monoisotopic (exact) mass is 183 g/mol. The van der Waals surface area contributed by atoms with Gasteiger partial charge in [0.1, 0.15) is 12.3 Å². The van der Waals surface area contributed by atoms with Crippen molar-refractivity contribution in [1.29, 1.82) is 0 Å². The van der Waals surface area contributed by atoms with Crippen LogP contribution in [0, 0.1) is 0 Å². The minimum absolute atomic E-state index is 0.330. The predicted octanol–water partition coefficient (Wildman–Crippen LogP) is -0.0395. The van der Waals surface area contributed by atoms with Crippen molar-refractivity contribution in [3.8, 4) is 5.88 Å². The van der Waals surface area contributed by atoms with Crippen LogP contribution in [-0.4, -0.2) is 30.3 Å². The first-order valence-electron chi connectivity index (χ1n) is 4.00. The van der Waals surface area contributed by atoms with Crippen molar-refractivity contribution in [2.45, 2.75) is 6.54 Å². The third-order valence-corrected chi connectivity index (χ3v) is 1.46. The molecule has 0 unspecified atom stereocenters.